The maximum atomic E-state index is 5.72. The Labute approximate surface area is 126 Å². The van der Waals surface area contributed by atoms with E-state index in [-0.39, 0.29) is 6.10 Å². The van der Waals surface area contributed by atoms with Crippen molar-refractivity contribution in [2.45, 2.75) is 46.4 Å². The van der Waals surface area contributed by atoms with Crippen LogP contribution < -0.4 is 10.1 Å². The number of pyridine rings is 1. The molecular weight excluding hydrogens is 264 g/mol. The minimum absolute atomic E-state index is 0.128. The van der Waals surface area contributed by atoms with Crippen molar-refractivity contribution in [2.24, 2.45) is 7.05 Å². The highest BCUT2D eigenvalue weighted by molar-refractivity contribution is 5.25. The van der Waals surface area contributed by atoms with Crippen LogP contribution in [0.25, 0.3) is 0 Å². The summed E-state index contributed by atoms with van der Waals surface area (Å²) in [5, 5.41) is 7.88. The molecule has 114 valence electrons. The van der Waals surface area contributed by atoms with Crippen molar-refractivity contribution < 1.29 is 4.74 Å². The Morgan fingerprint density at radius 1 is 1.33 bits per heavy atom. The van der Waals surface area contributed by atoms with Crippen LogP contribution in [0, 0.1) is 0 Å². The van der Waals surface area contributed by atoms with Crippen molar-refractivity contribution in [3.8, 4) is 5.88 Å². The zero-order chi connectivity index (χ0) is 15.2. The Hall–Kier alpha value is -1.88. The summed E-state index contributed by atoms with van der Waals surface area (Å²) in [6, 6.07) is 6.11. The van der Waals surface area contributed by atoms with Crippen molar-refractivity contribution in [3.63, 3.8) is 0 Å². The number of aryl methyl sites for hydroxylation is 2. The first-order valence-corrected chi connectivity index (χ1v) is 7.43. The molecule has 0 bridgehead atoms. The molecule has 1 N–H and O–H groups in total. The zero-order valence-electron chi connectivity index (χ0n) is 13.3. The van der Waals surface area contributed by atoms with Crippen LogP contribution in [0.15, 0.2) is 24.4 Å². The summed E-state index contributed by atoms with van der Waals surface area (Å²) < 4.78 is 7.66. The van der Waals surface area contributed by atoms with Crippen molar-refractivity contribution >= 4 is 0 Å². The molecular formula is C16H24N4O. The second-order valence-electron chi connectivity index (χ2n) is 5.34. The van der Waals surface area contributed by atoms with Crippen molar-refractivity contribution in [1.82, 2.24) is 20.1 Å². The largest absolute Gasteiger partial charge is 0.475 e. The molecule has 0 fully saturated rings. The topological polar surface area (TPSA) is 52.0 Å². The minimum Gasteiger partial charge on any atom is -0.475 e. The Kier molecular flexibility index (Phi) is 5.33. The van der Waals surface area contributed by atoms with Gasteiger partial charge in [0.25, 0.3) is 0 Å². The normalized spacial score (nSPS) is 11.1. The Morgan fingerprint density at radius 3 is 2.81 bits per heavy atom. The van der Waals surface area contributed by atoms with Crippen LogP contribution in [0.1, 0.15) is 37.7 Å². The van der Waals surface area contributed by atoms with Gasteiger partial charge in [0.05, 0.1) is 17.5 Å². The number of aromatic nitrogens is 3. The number of hydrogen-bond acceptors (Lipinski definition) is 4. The fourth-order valence-electron chi connectivity index (χ4n) is 2.12. The van der Waals surface area contributed by atoms with Crippen molar-refractivity contribution in [3.05, 3.63) is 41.3 Å². The van der Waals surface area contributed by atoms with E-state index in [4.69, 9.17) is 4.74 Å². The van der Waals surface area contributed by atoms with Gasteiger partial charge >= 0.3 is 0 Å². The lowest BCUT2D eigenvalue weighted by atomic mass is 10.2. The summed E-state index contributed by atoms with van der Waals surface area (Å²) >= 11 is 0. The molecule has 5 nitrogen and oxygen atoms in total. The summed E-state index contributed by atoms with van der Waals surface area (Å²) in [6.07, 6.45) is 2.85. The fourth-order valence-corrected chi connectivity index (χ4v) is 2.12. The third-order valence-electron chi connectivity index (χ3n) is 3.21. The lowest BCUT2D eigenvalue weighted by Gasteiger charge is -2.13. The van der Waals surface area contributed by atoms with Gasteiger partial charge in [-0.2, -0.15) is 5.10 Å². The summed E-state index contributed by atoms with van der Waals surface area (Å²) in [5.41, 5.74) is 3.38. The van der Waals surface area contributed by atoms with E-state index in [2.05, 4.69) is 28.4 Å². The highest BCUT2D eigenvalue weighted by Gasteiger charge is 2.07. The van der Waals surface area contributed by atoms with E-state index >= 15 is 0 Å². The molecule has 0 aliphatic rings. The van der Waals surface area contributed by atoms with Crippen molar-refractivity contribution in [1.29, 1.82) is 0 Å². The molecule has 0 radical (unpaired) electrons. The summed E-state index contributed by atoms with van der Waals surface area (Å²) in [4.78, 5) is 4.30. The van der Waals surface area contributed by atoms with Crippen LogP contribution in [0.4, 0.5) is 0 Å². The van der Waals surface area contributed by atoms with E-state index in [0.29, 0.717) is 5.88 Å². The molecule has 0 aromatic carbocycles. The quantitative estimate of drug-likeness (QED) is 0.850. The average molecular weight is 288 g/mol. The molecule has 2 rings (SSSR count). The second-order valence-corrected chi connectivity index (χ2v) is 5.34. The van der Waals surface area contributed by atoms with Crippen LogP contribution >= 0.6 is 0 Å². The number of nitrogens with zero attached hydrogens (tertiary/aromatic N) is 3. The lowest BCUT2D eigenvalue weighted by molar-refractivity contribution is 0.229. The average Bonchev–Trinajstić information content (AvgIpc) is 2.81. The number of rotatable bonds is 7. The Morgan fingerprint density at radius 2 is 2.14 bits per heavy atom. The third kappa shape index (κ3) is 4.29. The van der Waals surface area contributed by atoms with E-state index in [1.54, 1.807) is 6.20 Å². The molecule has 0 atom stereocenters. The summed E-state index contributed by atoms with van der Waals surface area (Å²) in [6.45, 7) is 7.63. The van der Waals surface area contributed by atoms with Crippen molar-refractivity contribution in [2.75, 3.05) is 0 Å². The van der Waals surface area contributed by atoms with Gasteiger partial charge in [0.15, 0.2) is 0 Å². The first-order valence-electron chi connectivity index (χ1n) is 7.43. The van der Waals surface area contributed by atoms with Gasteiger partial charge in [0.2, 0.25) is 5.88 Å². The van der Waals surface area contributed by atoms with Gasteiger partial charge in [-0.1, -0.05) is 13.0 Å². The number of hydrogen-bond donors (Lipinski definition) is 1. The predicted octanol–water partition coefficient (Wildman–Crippen LogP) is 2.45. The standard InChI is InChI=1S/C16H24N4O/c1-5-14-9-15(20(4)19-14)11-17-10-13-7-6-8-18-16(13)21-12(2)3/h6-9,12,17H,5,10-11H2,1-4H3. The smallest absolute Gasteiger partial charge is 0.218 e. The second kappa shape index (κ2) is 7.22. The maximum Gasteiger partial charge on any atom is 0.218 e. The third-order valence-corrected chi connectivity index (χ3v) is 3.21. The molecule has 0 aliphatic carbocycles. The summed E-state index contributed by atoms with van der Waals surface area (Å²) in [5.74, 6) is 0.708. The van der Waals surface area contributed by atoms with Gasteiger partial charge in [-0.3, -0.25) is 4.68 Å². The Bertz CT molecular complexity index is 577. The molecule has 2 aromatic heterocycles. The molecule has 0 saturated carbocycles. The van der Waals surface area contributed by atoms with Gasteiger partial charge in [-0.25, -0.2) is 4.98 Å². The summed E-state index contributed by atoms with van der Waals surface area (Å²) in [7, 11) is 1.98. The molecule has 2 heterocycles. The van der Waals surface area contributed by atoms with Crippen LogP contribution in [0.5, 0.6) is 5.88 Å². The molecule has 0 saturated heterocycles. The number of nitrogens with one attached hydrogen (secondary N) is 1. The van der Waals surface area contributed by atoms with Gasteiger partial charge in [-0.05, 0) is 32.4 Å². The van der Waals surface area contributed by atoms with Gasteiger partial charge in [0.1, 0.15) is 0 Å². The van der Waals surface area contributed by atoms with E-state index < -0.39 is 0 Å². The fraction of sp³-hybridized carbons (Fsp3) is 0.500. The highest BCUT2D eigenvalue weighted by Crippen LogP contribution is 2.15. The van der Waals surface area contributed by atoms with Gasteiger partial charge in [0, 0.05) is 31.9 Å². The van der Waals surface area contributed by atoms with Crippen LogP contribution in [0.2, 0.25) is 0 Å². The van der Waals surface area contributed by atoms with E-state index in [1.807, 2.05) is 37.7 Å². The lowest BCUT2D eigenvalue weighted by Crippen LogP contribution is -2.17. The zero-order valence-corrected chi connectivity index (χ0v) is 13.3. The molecule has 0 unspecified atom stereocenters. The van der Waals surface area contributed by atoms with Gasteiger partial charge < -0.3 is 10.1 Å². The maximum absolute atomic E-state index is 5.72. The van der Waals surface area contributed by atoms with Crippen LogP contribution in [-0.4, -0.2) is 20.9 Å². The molecule has 0 amide bonds. The van der Waals surface area contributed by atoms with E-state index in [1.165, 1.54) is 5.69 Å². The minimum atomic E-state index is 0.128. The molecule has 5 heteroatoms. The highest BCUT2D eigenvalue weighted by atomic mass is 16.5. The van der Waals surface area contributed by atoms with E-state index in [0.717, 1.165) is 30.8 Å². The first kappa shape index (κ1) is 15.5. The molecule has 0 spiro atoms. The van der Waals surface area contributed by atoms with E-state index in [9.17, 15) is 0 Å². The molecule has 2 aromatic rings. The van der Waals surface area contributed by atoms with Crippen LogP contribution in [-0.2, 0) is 26.6 Å². The number of ether oxygens (including phenoxy) is 1. The monoisotopic (exact) mass is 288 g/mol. The van der Waals surface area contributed by atoms with Crippen LogP contribution in [0.3, 0.4) is 0 Å². The predicted molar refractivity (Wildman–Crippen MR) is 83.1 cm³/mol. The molecule has 21 heavy (non-hydrogen) atoms. The Balaban J connectivity index is 1.95. The SMILES string of the molecule is CCc1cc(CNCc2cccnc2OC(C)C)n(C)n1. The van der Waals surface area contributed by atoms with Gasteiger partial charge in [-0.15, -0.1) is 0 Å². The first-order chi connectivity index (χ1) is 10.1. The molecule has 0 aliphatic heterocycles.